The average Bonchev–Trinajstić information content (AvgIpc) is 3.02. The highest BCUT2D eigenvalue weighted by Gasteiger charge is 2.06. The zero-order valence-electron chi connectivity index (χ0n) is 10.9. The third kappa shape index (κ3) is 3.21. The Balaban J connectivity index is 1.77. The van der Waals surface area contributed by atoms with Crippen molar-refractivity contribution in [3.8, 4) is 11.3 Å². The van der Waals surface area contributed by atoms with Crippen molar-refractivity contribution < 1.29 is 0 Å². The molecule has 0 spiro atoms. The molecule has 0 atom stereocenters. The number of thiophene rings is 1. The maximum atomic E-state index is 12.0. The van der Waals surface area contributed by atoms with Gasteiger partial charge < -0.3 is 0 Å². The number of benzene rings is 1. The summed E-state index contributed by atoms with van der Waals surface area (Å²) < 4.78 is 0. The molecule has 0 saturated heterocycles. The lowest BCUT2D eigenvalue weighted by atomic mass is 10.2. The van der Waals surface area contributed by atoms with Crippen molar-refractivity contribution >= 4 is 23.5 Å². The third-order valence-electron chi connectivity index (χ3n) is 2.65. The van der Waals surface area contributed by atoms with Crippen LogP contribution in [0.3, 0.4) is 0 Å². The molecule has 0 saturated carbocycles. The molecule has 0 fully saturated rings. The molecule has 0 unspecified atom stereocenters. The Morgan fingerprint density at radius 2 is 2.00 bits per heavy atom. The predicted octanol–water partition coefficient (Wildman–Crippen LogP) is 2.34. The van der Waals surface area contributed by atoms with Gasteiger partial charge in [0.2, 0.25) is 5.95 Å². The van der Waals surface area contributed by atoms with Crippen molar-refractivity contribution in [1.82, 2.24) is 15.2 Å². The van der Waals surface area contributed by atoms with Crippen molar-refractivity contribution in [2.75, 3.05) is 5.43 Å². The first-order valence-electron chi connectivity index (χ1n) is 6.18. The van der Waals surface area contributed by atoms with Gasteiger partial charge in [0.25, 0.3) is 5.56 Å². The highest BCUT2D eigenvalue weighted by Crippen LogP contribution is 2.10. The standard InChI is InChI=1S/C14H11N5OS/c20-13-12(10-5-2-1-3-6-10)17-19-14(16-13)18-15-9-11-7-4-8-21-11/h1-9H,(H2,16,18,19,20)/b15-9-. The lowest BCUT2D eigenvalue weighted by Gasteiger charge is -2.00. The maximum absolute atomic E-state index is 12.0. The molecule has 21 heavy (non-hydrogen) atoms. The molecule has 2 heterocycles. The Labute approximate surface area is 124 Å². The number of aromatic amines is 1. The number of hydrazone groups is 1. The molecule has 0 aliphatic carbocycles. The lowest BCUT2D eigenvalue weighted by Crippen LogP contribution is -2.15. The number of hydrogen-bond acceptors (Lipinski definition) is 6. The zero-order valence-corrected chi connectivity index (χ0v) is 11.7. The summed E-state index contributed by atoms with van der Waals surface area (Å²) in [4.78, 5) is 15.6. The summed E-state index contributed by atoms with van der Waals surface area (Å²) in [5.74, 6) is 0.201. The fourth-order valence-electron chi connectivity index (χ4n) is 1.69. The topological polar surface area (TPSA) is 83.0 Å². The van der Waals surface area contributed by atoms with E-state index in [9.17, 15) is 4.79 Å². The van der Waals surface area contributed by atoms with Gasteiger partial charge in [-0.05, 0) is 11.4 Å². The zero-order chi connectivity index (χ0) is 14.5. The van der Waals surface area contributed by atoms with Crippen LogP contribution in [0.15, 0.2) is 57.7 Å². The van der Waals surface area contributed by atoms with Gasteiger partial charge in [-0.3, -0.25) is 9.78 Å². The molecular weight excluding hydrogens is 286 g/mol. The molecule has 0 radical (unpaired) electrons. The predicted molar refractivity (Wildman–Crippen MR) is 83.6 cm³/mol. The van der Waals surface area contributed by atoms with Gasteiger partial charge in [0.1, 0.15) is 0 Å². The second-order valence-corrected chi connectivity index (χ2v) is 5.08. The summed E-state index contributed by atoms with van der Waals surface area (Å²) in [5, 5.41) is 13.8. The van der Waals surface area contributed by atoms with Crippen LogP contribution in [0.5, 0.6) is 0 Å². The highest BCUT2D eigenvalue weighted by atomic mass is 32.1. The minimum atomic E-state index is -0.315. The van der Waals surface area contributed by atoms with Gasteiger partial charge in [0.15, 0.2) is 5.69 Å². The van der Waals surface area contributed by atoms with Crippen LogP contribution in [0, 0.1) is 0 Å². The first-order chi connectivity index (χ1) is 10.3. The Morgan fingerprint density at radius 3 is 2.71 bits per heavy atom. The van der Waals surface area contributed by atoms with E-state index in [-0.39, 0.29) is 17.2 Å². The minimum Gasteiger partial charge on any atom is -0.288 e. The van der Waals surface area contributed by atoms with Crippen molar-refractivity contribution in [3.63, 3.8) is 0 Å². The quantitative estimate of drug-likeness (QED) is 0.572. The number of aromatic nitrogens is 3. The Bertz CT molecular complexity index is 796. The second-order valence-electron chi connectivity index (χ2n) is 4.10. The van der Waals surface area contributed by atoms with E-state index in [0.717, 1.165) is 10.4 Å². The van der Waals surface area contributed by atoms with Crippen LogP contribution in [-0.2, 0) is 0 Å². The number of nitrogens with zero attached hydrogens (tertiary/aromatic N) is 3. The van der Waals surface area contributed by atoms with Crippen molar-refractivity contribution in [2.24, 2.45) is 5.10 Å². The molecule has 1 aromatic carbocycles. The summed E-state index contributed by atoms with van der Waals surface area (Å²) >= 11 is 1.56. The Kier molecular flexibility index (Phi) is 3.83. The van der Waals surface area contributed by atoms with E-state index in [2.05, 4.69) is 25.7 Å². The number of rotatable bonds is 4. The van der Waals surface area contributed by atoms with E-state index in [1.165, 1.54) is 0 Å². The van der Waals surface area contributed by atoms with E-state index >= 15 is 0 Å². The van der Waals surface area contributed by atoms with Crippen LogP contribution in [0.4, 0.5) is 5.95 Å². The van der Waals surface area contributed by atoms with Crippen molar-refractivity contribution in [3.05, 3.63) is 63.1 Å². The first-order valence-corrected chi connectivity index (χ1v) is 7.06. The summed E-state index contributed by atoms with van der Waals surface area (Å²) in [7, 11) is 0. The summed E-state index contributed by atoms with van der Waals surface area (Å²) in [6.07, 6.45) is 1.65. The van der Waals surface area contributed by atoms with Crippen LogP contribution >= 0.6 is 11.3 Å². The summed E-state index contributed by atoms with van der Waals surface area (Å²) in [6, 6.07) is 13.0. The van der Waals surface area contributed by atoms with Crippen LogP contribution in [0.2, 0.25) is 0 Å². The Hall–Kier alpha value is -2.80. The molecule has 3 rings (SSSR count). The van der Waals surface area contributed by atoms with Crippen LogP contribution in [0.25, 0.3) is 11.3 Å². The summed E-state index contributed by atoms with van der Waals surface area (Å²) in [6.45, 7) is 0. The summed E-state index contributed by atoms with van der Waals surface area (Å²) in [5.41, 5.74) is 3.34. The smallest absolute Gasteiger partial charge is 0.279 e. The molecule has 104 valence electrons. The normalized spacial score (nSPS) is 10.9. The van der Waals surface area contributed by atoms with Gasteiger partial charge in [-0.1, -0.05) is 36.4 Å². The highest BCUT2D eigenvalue weighted by molar-refractivity contribution is 7.11. The second kappa shape index (κ2) is 6.10. The number of nitrogens with one attached hydrogen (secondary N) is 2. The molecule has 6 nitrogen and oxygen atoms in total. The van der Waals surface area contributed by atoms with E-state index in [0.29, 0.717) is 0 Å². The molecular formula is C14H11N5OS. The molecule has 2 aromatic heterocycles. The number of H-pyrrole nitrogens is 1. The van der Waals surface area contributed by atoms with Gasteiger partial charge in [-0.2, -0.15) is 5.10 Å². The van der Waals surface area contributed by atoms with E-state index < -0.39 is 0 Å². The van der Waals surface area contributed by atoms with E-state index in [4.69, 9.17) is 0 Å². The fourth-order valence-corrected chi connectivity index (χ4v) is 2.28. The number of hydrogen-bond donors (Lipinski definition) is 2. The van der Waals surface area contributed by atoms with Gasteiger partial charge in [0, 0.05) is 10.4 Å². The van der Waals surface area contributed by atoms with Gasteiger partial charge in [-0.25, -0.2) is 5.43 Å². The molecule has 7 heteroatoms. The third-order valence-corrected chi connectivity index (χ3v) is 3.46. The van der Waals surface area contributed by atoms with E-state index in [1.54, 1.807) is 29.7 Å². The lowest BCUT2D eigenvalue weighted by molar-refractivity contribution is 0.947. The van der Waals surface area contributed by atoms with Crippen LogP contribution in [0.1, 0.15) is 4.88 Å². The largest absolute Gasteiger partial charge is 0.288 e. The number of anilines is 1. The molecule has 0 aliphatic heterocycles. The fraction of sp³-hybridized carbons (Fsp3) is 0. The van der Waals surface area contributed by atoms with E-state index in [1.807, 2.05) is 35.7 Å². The van der Waals surface area contributed by atoms with Crippen molar-refractivity contribution in [2.45, 2.75) is 0 Å². The van der Waals surface area contributed by atoms with Crippen molar-refractivity contribution in [1.29, 1.82) is 0 Å². The first kappa shape index (κ1) is 13.2. The molecule has 3 aromatic rings. The SMILES string of the molecule is O=c1[nH]c(N/N=C\c2cccs2)nnc1-c1ccccc1. The van der Waals surface area contributed by atoms with Crippen LogP contribution in [-0.4, -0.2) is 21.4 Å². The minimum absolute atomic E-state index is 0.201. The van der Waals surface area contributed by atoms with Gasteiger partial charge >= 0.3 is 0 Å². The Morgan fingerprint density at radius 1 is 1.14 bits per heavy atom. The van der Waals surface area contributed by atoms with Crippen LogP contribution < -0.4 is 11.0 Å². The average molecular weight is 297 g/mol. The molecule has 2 N–H and O–H groups in total. The molecule has 0 bridgehead atoms. The molecule has 0 amide bonds. The van der Waals surface area contributed by atoms with Gasteiger partial charge in [0.05, 0.1) is 6.21 Å². The maximum Gasteiger partial charge on any atom is 0.279 e. The molecule has 0 aliphatic rings. The monoisotopic (exact) mass is 297 g/mol. The van der Waals surface area contributed by atoms with Gasteiger partial charge in [-0.15, -0.1) is 21.5 Å².